The molecule has 0 aromatic carbocycles. The van der Waals surface area contributed by atoms with E-state index in [1.807, 2.05) is 0 Å². The summed E-state index contributed by atoms with van der Waals surface area (Å²) in [6.45, 7) is 8.49. The van der Waals surface area contributed by atoms with E-state index in [0.29, 0.717) is 18.0 Å². The van der Waals surface area contributed by atoms with E-state index in [-0.39, 0.29) is 5.57 Å². The van der Waals surface area contributed by atoms with E-state index in [9.17, 15) is 4.79 Å². The van der Waals surface area contributed by atoms with E-state index in [0.717, 1.165) is 12.8 Å². The van der Waals surface area contributed by atoms with Gasteiger partial charge in [0, 0.05) is 18.2 Å². The van der Waals surface area contributed by atoms with Crippen molar-refractivity contribution in [1.82, 2.24) is 5.32 Å². The van der Waals surface area contributed by atoms with Gasteiger partial charge in [0.1, 0.15) is 0 Å². The van der Waals surface area contributed by atoms with Crippen molar-refractivity contribution in [3.63, 3.8) is 0 Å². The van der Waals surface area contributed by atoms with Gasteiger partial charge in [-0.2, -0.15) is 0 Å². The van der Waals surface area contributed by atoms with E-state index in [4.69, 9.17) is 5.11 Å². The molecular formula is C12H21NO2. The normalized spacial score (nSPS) is 21.2. The van der Waals surface area contributed by atoms with Gasteiger partial charge in [0.05, 0.1) is 0 Å². The highest BCUT2D eigenvalue weighted by molar-refractivity contribution is 5.86. The van der Waals surface area contributed by atoms with Gasteiger partial charge >= 0.3 is 5.97 Å². The first-order valence-electron chi connectivity index (χ1n) is 5.55. The first-order valence-corrected chi connectivity index (χ1v) is 5.55. The summed E-state index contributed by atoms with van der Waals surface area (Å²) in [6.07, 6.45) is 4.70. The van der Waals surface area contributed by atoms with Gasteiger partial charge in [-0.1, -0.05) is 20.4 Å². The second-order valence-electron chi connectivity index (χ2n) is 5.23. The highest BCUT2D eigenvalue weighted by Crippen LogP contribution is 2.34. The van der Waals surface area contributed by atoms with Crippen LogP contribution in [0.1, 0.15) is 39.5 Å². The van der Waals surface area contributed by atoms with E-state index in [1.165, 1.54) is 12.8 Å². The lowest BCUT2D eigenvalue weighted by molar-refractivity contribution is -0.132. The third-order valence-electron chi connectivity index (χ3n) is 3.25. The molecule has 0 unspecified atom stereocenters. The Balaban J connectivity index is 2.25. The third kappa shape index (κ3) is 4.04. The quantitative estimate of drug-likeness (QED) is 0.701. The molecular weight excluding hydrogens is 190 g/mol. The molecule has 1 fully saturated rings. The summed E-state index contributed by atoms with van der Waals surface area (Å²) < 4.78 is 0. The fourth-order valence-electron chi connectivity index (χ4n) is 1.95. The molecule has 2 N–H and O–H groups in total. The molecule has 0 radical (unpaired) electrons. The summed E-state index contributed by atoms with van der Waals surface area (Å²) in [6, 6.07) is 0.467. The summed E-state index contributed by atoms with van der Waals surface area (Å²) >= 11 is 0. The van der Waals surface area contributed by atoms with Crippen molar-refractivity contribution in [3.8, 4) is 0 Å². The van der Waals surface area contributed by atoms with Gasteiger partial charge in [0.2, 0.25) is 0 Å². The zero-order chi connectivity index (χ0) is 11.5. The van der Waals surface area contributed by atoms with Crippen molar-refractivity contribution in [2.45, 2.75) is 45.6 Å². The Morgan fingerprint density at radius 3 is 2.47 bits per heavy atom. The Hall–Kier alpha value is -0.830. The second kappa shape index (κ2) is 4.79. The second-order valence-corrected chi connectivity index (χ2v) is 5.23. The van der Waals surface area contributed by atoms with Crippen LogP contribution in [0, 0.1) is 5.41 Å². The zero-order valence-corrected chi connectivity index (χ0v) is 9.68. The van der Waals surface area contributed by atoms with Crippen LogP contribution >= 0.6 is 0 Å². The van der Waals surface area contributed by atoms with Crippen LogP contribution in [0.3, 0.4) is 0 Å². The Morgan fingerprint density at radius 1 is 1.47 bits per heavy atom. The minimum Gasteiger partial charge on any atom is -0.478 e. The van der Waals surface area contributed by atoms with Crippen molar-refractivity contribution in [3.05, 3.63) is 12.2 Å². The summed E-state index contributed by atoms with van der Waals surface area (Å²) in [7, 11) is 0. The molecule has 1 saturated carbocycles. The standard InChI is InChI=1S/C12H21NO2/c1-9(11(14)15)8-13-10-4-6-12(2,3)7-5-10/h10,13H,1,4-8H2,2-3H3,(H,14,15). The van der Waals surface area contributed by atoms with Crippen molar-refractivity contribution < 1.29 is 9.90 Å². The van der Waals surface area contributed by atoms with Crippen LogP contribution in [0.2, 0.25) is 0 Å². The topological polar surface area (TPSA) is 49.3 Å². The molecule has 3 nitrogen and oxygen atoms in total. The molecule has 0 heterocycles. The van der Waals surface area contributed by atoms with Crippen molar-refractivity contribution in [2.24, 2.45) is 5.41 Å². The maximum absolute atomic E-state index is 10.5. The fraction of sp³-hybridized carbons (Fsp3) is 0.750. The predicted molar refractivity (Wildman–Crippen MR) is 60.8 cm³/mol. The van der Waals surface area contributed by atoms with Gasteiger partial charge in [-0.05, 0) is 31.1 Å². The molecule has 0 spiro atoms. The van der Waals surface area contributed by atoms with Gasteiger partial charge in [-0.25, -0.2) is 4.79 Å². The smallest absolute Gasteiger partial charge is 0.332 e. The van der Waals surface area contributed by atoms with Crippen LogP contribution in [0.5, 0.6) is 0 Å². The number of nitrogens with one attached hydrogen (secondary N) is 1. The Labute approximate surface area is 91.6 Å². The number of carbonyl (C=O) groups is 1. The number of carboxylic acid groups (broad SMARTS) is 1. The minimum atomic E-state index is -0.904. The number of hydrogen-bond donors (Lipinski definition) is 2. The molecule has 0 amide bonds. The van der Waals surface area contributed by atoms with E-state index >= 15 is 0 Å². The van der Waals surface area contributed by atoms with Gasteiger partial charge in [-0.15, -0.1) is 0 Å². The molecule has 1 aliphatic rings. The maximum atomic E-state index is 10.5. The van der Waals surface area contributed by atoms with Crippen molar-refractivity contribution in [1.29, 1.82) is 0 Å². The zero-order valence-electron chi connectivity index (χ0n) is 9.68. The summed E-state index contributed by atoms with van der Waals surface area (Å²) in [5, 5.41) is 11.9. The molecule has 1 rings (SSSR count). The maximum Gasteiger partial charge on any atom is 0.332 e. The number of aliphatic carboxylic acids is 1. The number of carboxylic acids is 1. The van der Waals surface area contributed by atoms with Crippen LogP contribution in [0.15, 0.2) is 12.2 Å². The molecule has 0 atom stereocenters. The molecule has 3 heteroatoms. The van der Waals surface area contributed by atoms with Crippen LogP contribution in [0.25, 0.3) is 0 Å². The van der Waals surface area contributed by atoms with Gasteiger partial charge in [-0.3, -0.25) is 0 Å². The molecule has 1 aliphatic carbocycles. The lowest BCUT2D eigenvalue weighted by Gasteiger charge is -2.34. The Kier molecular flexibility index (Phi) is 3.91. The van der Waals surface area contributed by atoms with E-state index in [1.54, 1.807) is 0 Å². The number of hydrogen-bond acceptors (Lipinski definition) is 2. The van der Waals surface area contributed by atoms with Crippen LogP contribution in [-0.2, 0) is 4.79 Å². The van der Waals surface area contributed by atoms with Gasteiger partial charge in [0.25, 0.3) is 0 Å². The fourth-order valence-corrected chi connectivity index (χ4v) is 1.95. The third-order valence-corrected chi connectivity index (χ3v) is 3.25. The Morgan fingerprint density at radius 2 is 2.00 bits per heavy atom. The highest BCUT2D eigenvalue weighted by Gasteiger charge is 2.26. The first-order chi connectivity index (χ1) is 6.91. The monoisotopic (exact) mass is 211 g/mol. The average molecular weight is 211 g/mol. The van der Waals surface area contributed by atoms with Crippen LogP contribution in [-0.4, -0.2) is 23.7 Å². The molecule has 86 valence electrons. The first kappa shape index (κ1) is 12.2. The summed E-state index contributed by atoms with van der Waals surface area (Å²) in [5.41, 5.74) is 0.710. The molecule has 0 aromatic rings. The van der Waals surface area contributed by atoms with Gasteiger partial charge < -0.3 is 10.4 Å². The molecule has 15 heavy (non-hydrogen) atoms. The molecule has 0 saturated heterocycles. The van der Waals surface area contributed by atoms with E-state index < -0.39 is 5.97 Å². The highest BCUT2D eigenvalue weighted by atomic mass is 16.4. The van der Waals surface area contributed by atoms with E-state index in [2.05, 4.69) is 25.7 Å². The van der Waals surface area contributed by atoms with Crippen LogP contribution < -0.4 is 5.32 Å². The van der Waals surface area contributed by atoms with Crippen molar-refractivity contribution >= 4 is 5.97 Å². The lowest BCUT2D eigenvalue weighted by atomic mass is 9.75. The summed E-state index contributed by atoms with van der Waals surface area (Å²) in [4.78, 5) is 10.5. The number of rotatable bonds is 4. The minimum absolute atomic E-state index is 0.250. The SMILES string of the molecule is C=C(CNC1CCC(C)(C)CC1)C(=O)O. The predicted octanol–water partition coefficient (Wildman–Crippen LogP) is 2.19. The lowest BCUT2D eigenvalue weighted by Crippen LogP contribution is -2.37. The average Bonchev–Trinajstić information content (AvgIpc) is 2.15. The molecule has 0 aromatic heterocycles. The molecule has 0 aliphatic heterocycles. The Bertz CT molecular complexity index is 248. The van der Waals surface area contributed by atoms with Crippen molar-refractivity contribution in [2.75, 3.05) is 6.54 Å². The summed E-state index contributed by atoms with van der Waals surface area (Å²) in [5.74, 6) is -0.904. The largest absolute Gasteiger partial charge is 0.478 e. The van der Waals surface area contributed by atoms with Crippen LogP contribution in [0.4, 0.5) is 0 Å². The van der Waals surface area contributed by atoms with Gasteiger partial charge in [0.15, 0.2) is 0 Å². The molecule has 0 bridgehead atoms.